The molecule has 0 spiro atoms. The first kappa shape index (κ1) is 12.0. The SMILES string of the molecule is CC(O)Cn1c(-c2ccccc2)cc2ccccc21. The number of hydrogen-bond donors (Lipinski definition) is 1. The molecule has 0 bridgehead atoms. The van der Waals surface area contributed by atoms with Gasteiger partial charge in [-0.1, -0.05) is 48.5 Å². The predicted molar refractivity (Wildman–Crippen MR) is 79.1 cm³/mol. The quantitative estimate of drug-likeness (QED) is 0.754. The lowest BCUT2D eigenvalue weighted by Gasteiger charge is -2.12. The highest BCUT2D eigenvalue weighted by molar-refractivity contribution is 5.87. The zero-order chi connectivity index (χ0) is 13.2. The van der Waals surface area contributed by atoms with Crippen LogP contribution in [-0.4, -0.2) is 15.8 Å². The molecule has 0 saturated heterocycles. The molecule has 1 N–H and O–H groups in total. The van der Waals surface area contributed by atoms with Crippen LogP contribution in [-0.2, 0) is 6.54 Å². The van der Waals surface area contributed by atoms with Gasteiger partial charge >= 0.3 is 0 Å². The summed E-state index contributed by atoms with van der Waals surface area (Å²) in [6.07, 6.45) is -0.363. The summed E-state index contributed by atoms with van der Waals surface area (Å²) >= 11 is 0. The van der Waals surface area contributed by atoms with Crippen LogP contribution < -0.4 is 0 Å². The fourth-order valence-electron chi connectivity index (χ4n) is 2.52. The second-order valence-corrected chi connectivity index (χ2v) is 4.91. The predicted octanol–water partition coefficient (Wildman–Crippen LogP) is 3.69. The van der Waals surface area contributed by atoms with Crippen LogP contribution in [0.15, 0.2) is 60.7 Å². The Labute approximate surface area is 112 Å². The van der Waals surface area contributed by atoms with E-state index in [0.717, 1.165) is 5.69 Å². The average molecular weight is 251 g/mol. The molecular formula is C17H17NO. The molecule has 1 aromatic heterocycles. The molecule has 0 saturated carbocycles. The zero-order valence-corrected chi connectivity index (χ0v) is 11.0. The third kappa shape index (κ3) is 2.27. The summed E-state index contributed by atoms with van der Waals surface area (Å²) in [5.74, 6) is 0. The molecule has 2 heteroatoms. The number of aliphatic hydroxyl groups excluding tert-OH is 1. The van der Waals surface area contributed by atoms with E-state index in [1.807, 2.05) is 37.3 Å². The molecule has 1 atom stereocenters. The Morgan fingerprint density at radius 2 is 1.68 bits per heavy atom. The molecule has 1 unspecified atom stereocenters. The maximum Gasteiger partial charge on any atom is 0.0691 e. The van der Waals surface area contributed by atoms with E-state index in [4.69, 9.17) is 0 Å². The topological polar surface area (TPSA) is 25.2 Å². The number of aromatic nitrogens is 1. The Morgan fingerprint density at radius 1 is 1.00 bits per heavy atom. The number of fused-ring (bicyclic) bond motifs is 1. The number of hydrogen-bond acceptors (Lipinski definition) is 1. The van der Waals surface area contributed by atoms with E-state index in [2.05, 4.69) is 34.9 Å². The van der Waals surface area contributed by atoms with Crippen molar-refractivity contribution in [2.45, 2.75) is 19.6 Å². The van der Waals surface area contributed by atoms with E-state index in [-0.39, 0.29) is 6.10 Å². The third-order valence-corrected chi connectivity index (χ3v) is 3.33. The van der Waals surface area contributed by atoms with Crippen molar-refractivity contribution in [3.05, 3.63) is 60.7 Å². The van der Waals surface area contributed by atoms with Crippen LogP contribution in [0.1, 0.15) is 6.92 Å². The Morgan fingerprint density at radius 3 is 2.42 bits per heavy atom. The van der Waals surface area contributed by atoms with Gasteiger partial charge in [-0.15, -0.1) is 0 Å². The first-order chi connectivity index (χ1) is 9.25. The van der Waals surface area contributed by atoms with Gasteiger partial charge in [-0.25, -0.2) is 0 Å². The van der Waals surface area contributed by atoms with Crippen LogP contribution in [0, 0.1) is 0 Å². The van der Waals surface area contributed by atoms with E-state index in [0.29, 0.717) is 6.54 Å². The first-order valence-corrected chi connectivity index (χ1v) is 6.57. The van der Waals surface area contributed by atoms with Crippen molar-refractivity contribution in [1.82, 2.24) is 4.57 Å². The fourth-order valence-corrected chi connectivity index (χ4v) is 2.52. The minimum absolute atomic E-state index is 0.363. The smallest absolute Gasteiger partial charge is 0.0691 e. The van der Waals surface area contributed by atoms with Gasteiger partial charge in [0.25, 0.3) is 0 Å². The lowest BCUT2D eigenvalue weighted by atomic mass is 10.1. The largest absolute Gasteiger partial charge is 0.392 e. The molecular weight excluding hydrogens is 234 g/mol. The van der Waals surface area contributed by atoms with E-state index in [9.17, 15) is 5.11 Å². The minimum Gasteiger partial charge on any atom is -0.392 e. The first-order valence-electron chi connectivity index (χ1n) is 6.57. The number of aliphatic hydroxyl groups is 1. The van der Waals surface area contributed by atoms with Gasteiger partial charge in [-0.2, -0.15) is 0 Å². The van der Waals surface area contributed by atoms with Gasteiger partial charge in [0.1, 0.15) is 0 Å². The van der Waals surface area contributed by atoms with Gasteiger partial charge in [-0.05, 0) is 24.6 Å². The summed E-state index contributed by atoms with van der Waals surface area (Å²) in [5, 5.41) is 10.9. The Kier molecular flexibility index (Phi) is 3.10. The molecule has 3 rings (SSSR count). The maximum absolute atomic E-state index is 9.73. The second-order valence-electron chi connectivity index (χ2n) is 4.91. The van der Waals surface area contributed by atoms with Crippen LogP contribution in [0.25, 0.3) is 22.2 Å². The van der Waals surface area contributed by atoms with Crippen molar-refractivity contribution in [2.24, 2.45) is 0 Å². The fraction of sp³-hybridized carbons (Fsp3) is 0.176. The number of para-hydroxylation sites is 1. The summed E-state index contributed by atoms with van der Waals surface area (Å²) in [4.78, 5) is 0. The lowest BCUT2D eigenvalue weighted by molar-refractivity contribution is 0.176. The number of nitrogens with zero attached hydrogens (tertiary/aromatic N) is 1. The van der Waals surface area contributed by atoms with Crippen molar-refractivity contribution in [3.8, 4) is 11.3 Å². The van der Waals surface area contributed by atoms with Gasteiger partial charge in [0.15, 0.2) is 0 Å². The normalized spacial score (nSPS) is 12.7. The van der Waals surface area contributed by atoms with E-state index < -0.39 is 0 Å². The standard InChI is InChI=1S/C17H17NO/c1-13(19)12-18-16-10-6-5-9-15(16)11-17(18)14-7-3-2-4-8-14/h2-11,13,19H,12H2,1H3. The number of benzene rings is 2. The molecule has 0 aliphatic rings. The minimum atomic E-state index is -0.363. The Bertz CT molecular complexity index is 683. The highest BCUT2D eigenvalue weighted by Crippen LogP contribution is 2.28. The summed E-state index contributed by atoms with van der Waals surface area (Å²) < 4.78 is 2.19. The van der Waals surface area contributed by atoms with Crippen molar-refractivity contribution in [1.29, 1.82) is 0 Å². The summed E-state index contributed by atoms with van der Waals surface area (Å²) in [7, 11) is 0. The van der Waals surface area contributed by atoms with Crippen molar-refractivity contribution >= 4 is 10.9 Å². The van der Waals surface area contributed by atoms with Gasteiger partial charge in [0, 0.05) is 23.1 Å². The zero-order valence-electron chi connectivity index (χ0n) is 11.0. The highest BCUT2D eigenvalue weighted by atomic mass is 16.3. The van der Waals surface area contributed by atoms with Crippen molar-refractivity contribution < 1.29 is 5.11 Å². The molecule has 0 amide bonds. The second kappa shape index (κ2) is 4.90. The van der Waals surface area contributed by atoms with Crippen molar-refractivity contribution in [2.75, 3.05) is 0 Å². The third-order valence-electron chi connectivity index (χ3n) is 3.33. The molecule has 1 heterocycles. The monoisotopic (exact) mass is 251 g/mol. The Hall–Kier alpha value is -2.06. The highest BCUT2D eigenvalue weighted by Gasteiger charge is 2.11. The molecule has 0 fully saturated rings. The Balaban J connectivity index is 2.23. The molecule has 0 radical (unpaired) electrons. The van der Waals surface area contributed by atoms with Crippen LogP contribution in [0.2, 0.25) is 0 Å². The summed E-state index contributed by atoms with van der Waals surface area (Å²) in [5.41, 5.74) is 3.50. The van der Waals surface area contributed by atoms with Crippen LogP contribution >= 0.6 is 0 Å². The molecule has 96 valence electrons. The van der Waals surface area contributed by atoms with Crippen molar-refractivity contribution in [3.63, 3.8) is 0 Å². The summed E-state index contributed by atoms with van der Waals surface area (Å²) in [6.45, 7) is 2.43. The molecule has 2 aromatic carbocycles. The maximum atomic E-state index is 9.73. The molecule has 3 aromatic rings. The molecule has 2 nitrogen and oxygen atoms in total. The lowest BCUT2D eigenvalue weighted by Crippen LogP contribution is -2.12. The van der Waals surface area contributed by atoms with E-state index in [1.165, 1.54) is 16.5 Å². The van der Waals surface area contributed by atoms with Crippen LogP contribution in [0.3, 0.4) is 0 Å². The van der Waals surface area contributed by atoms with Crippen LogP contribution in [0.4, 0.5) is 0 Å². The average Bonchev–Trinajstić information content (AvgIpc) is 2.78. The van der Waals surface area contributed by atoms with Gasteiger partial charge in [0.05, 0.1) is 6.10 Å². The molecule has 0 aliphatic heterocycles. The van der Waals surface area contributed by atoms with Gasteiger partial charge in [0.2, 0.25) is 0 Å². The van der Waals surface area contributed by atoms with E-state index in [1.54, 1.807) is 0 Å². The van der Waals surface area contributed by atoms with Gasteiger partial charge < -0.3 is 9.67 Å². The van der Waals surface area contributed by atoms with E-state index >= 15 is 0 Å². The molecule has 0 aliphatic carbocycles. The molecule has 19 heavy (non-hydrogen) atoms. The van der Waals surface area contributed by atoms with Gasteiger partial charge in [-0.3, -0.25) is 0 Å². The summed E-state index contributed by atoms with van der Waals surface area (Å²) in [6, 6.07) is 20.8. The number of rotatable bonds is 3. The van der Waals surface area contributed by atoms with Crippen LogP contribution in [0.5, 0.6) is 0 Å².